The summed E-state index contributed by atoms with van der Waals surface area (Å²) < 4.78 is 0. The van der Waals surface area contributed by atoms with Crippen molar-refractivity contribution < 1.29 is 9.90 Å². The minimum absolute atomic E-state index is 0.0366. The topological polar surface area (TPSA) is 65.5 Å². The number of carbonyl (C=O) groups is 1. The molecule has 0 radical (unpaired) electrons. The van der Waals surface area contributed by atoms with Crippen LogP contribution < -0.4 is 5.32 Å². The number of rotatable bonds is 4. The van der Waals surface area contributed by atoms with Crippen LogP contribution in [0.3, 0.4) is 0 Å². The standard InChI is InChI=1S/C10H17N3O2S/c1-7(2)13(6-8(3)14)10(15)12-9-11-4-5-16-9/h4-5,7-8,14H,6H2,1-3H3,(H,11,12,15)/t8-/m1/s1. The quantitative estimate of drug-likeness (QED) is 0.847. The summed E-state index contributed by atoms with van der Waals surface area (Å²) >= 11 is 1.37. The van der Waals surface area contributed by atoms with Crippen LogP contribution in [0.1, 0.15) is 20.8 Å². The number of hydrogen-bond donors (Lipinski definition) is 2. The number of nitrogens with zero attached hydrogens (tertiary/aromatic N) is 2. The zero-order valence-corrected chi connectivity index (χ0v) is 10.5. The fourth-order valence-electron chi connectivity index (χ4n) is 1.26. The van der Waals surface area contributed by atoms with E-state index in [1.165, 1.54) is 11.3 Å². The molecule has 0 saturated carbocycles. The van der Waals surface area contributed by atoms with Crippen LogP contribution in [0.25, 0.3) is 0 Å². The maximum absolute atomic E-state index is 11.9. The molecule has 0 aliphatic rings. The van der Waals surface area contributed by atoms with Gasteiger partial charge in [-0.15, -0.1) is 11.3 Å². The summed E-state index contributed by atoms with van der Waals surface area (Å²) in [6.45, 7) is 5.79. The Balaban J connectivity index is 2.60. The van der Waals surface area contributed by atoms with Crippen LogP contribution in [-0.4, -0.2) is 39.7 Å². The molecule has 1 heterocycles. The fourth-order valence-corrected chi connectivity index (χ4v) is 1.78. The Labute approximate surface area is 99.1 Å². The Hall–Kier alpha value is -1.14. The molecule has 0 spiro atoms. The highest BCUT2D eigenvalue weighted by Gasteiger charge is 2.19. The van der Waals surface area contributed by atoms with Crippen molar-refractivity contribution in [3.05, 3.63) is 11.6 Å². The highest BCUT2D eigenvalue weighted by atomic mass is 32.1. The summed E-state index contributed by atoms with van der Waals surface area (Å²) in [5.41, 5.74) is 0. The van der Waals surface area contributed by atoms with Gasteiger partial charge in [0, 0.05) is 24.2 Å². The van der Waals surface area contributed by atoms with Crippen LogP contribution in [0.2, 0.25) is 0 Å². The molecule has 5 nitrogen and oxygen atoms in total. The van der Waals surface area contributed by atoms with Crippen LogP contribution in [0.4, 0.5) is 9.93 Å². The number of aliphatic hydroxyl groups is 1. The molecule has 2 N–H and O–H groups in total. The summed E-state index contributed by atoms with van der Waals surface area (Å²) in [4.78, 5) is 17.4. The van der Waals surface area contributed by atoms with Gasteiger partial charge in [0.1, 0.15) is 0 Å². The van der Waals surface area contributed by atoms with Gasteiger partial charge in [-0.05, 0) is 20.8 Å². The molecule has 0 aromatic carbocycles. The van der Waals surface area contributed by atoms with Crippen LogP contribution in [0.5, 0.6) is 0 Å². The Bertz CT molecular complexity index is 325. The van der Waals surface area contributed by atoms with Gasteiger partial charge in [0.15, 0.2) is 5.13 Å². The summed E-state index contributed by atoms with van der Waals surface area (Å²) in [5.74, 6) is 0. The number of urea groups is 1. The SMILES string of the molecule is CC(C)N(C[C@@H](C)O)C(=O)Nc1nccs1. The molecule has 0 saturated heterocycles. The highest BCUT2D eigenvalue weighted by molar-refractivity contribution is 7.13. The second kappa shape index (κ2) is 5.81. The van der Waals surface area contributed by atoms with Crippen LogP contribution in [0, 0.1) is 0 Å². The van der Waals surface area contributed by atoms with Crippen molar-refractivity contribution in [1.82, 2.24) is 9.88 Å². The molecule has 90 valence electrons. The normalized spacial score (nSPS) is 12.6. The molecule has 0 bridgehead atoms. The molecule has 1 atom stereocenters. The summed E-state index contributed by atoms with van der Waals surface area (Å²) in [5, 5.41) is 14.4. The van der Waals surface area contributed by atoms with E-state index in [0.717, 1.165) is 0 Å². The van der Waals surface area contributed by atoms with Gasteiger partial charge in [-0.1, -0.05) is 0 Å². The van der Waals surface area contributed by atoms with Gasteiger partial charge in [-0.3, -0.25) is 5.32 Å². The molecular weight excluding hydrogens is 226 g/mol. The number of aliphatic hydroxyl groups excluding tert-OH is 1. The van der Waals surface area contributed by atoms with Gasteiger partial charge in [-0.25, -0.2) is 9.78 Å². The molecule has 0 aliphatic heterocycles. The van der Waals surface area contributed by atoms with Gasteiger partial charge >= 0.3 is 6.03 Å². The largest absolute Gasteiger partial charge is 0.392 e. The Morgan fingerprint density at radius 2 is 2.31 bits per heavy atom. The van der Waals surface area contributed by atoms with Gasteiger partial charge in [0.2, 0.25) is 0 Å². The van der Waals surface area contributed by atoms with E-state index in [0.29, 0.717) is 11.7 Å². The lowest BCUT2D eigenvalue weighted by Gasteiger charge is -2.27. The van der Waals surface area contributed by atoms with Crippen molar-refractivity contribution in [2.24, 2.45) is 0 Å². The summed E-state index contributed by atoms with van der Waals surface area (Å²) in [6.07, 6.45) is 1.10. The Morgan fingerprint density at radius 1 is 1.62 bits per heavy atom. The summed E-state index contributed by atoms with van der Waals surface area (Å²) in [6, 6.07) is -0.194. The first-order valence-corrected chi connectivity index (χ1v) is 6.04. The number of anilines is 1. The molecule has 6 heteroatoms. The molecule has 1 aromatic rings. The lowest BCUT2D eigenvalue weighted by molar-refractivity contribution is 0.125. The van der Waals surface area contributed by atoms with Crippen LogP contribution in [0.15, 0.2) is 11.6 Å². The first-order chi connectivity index (χ1) is 7.50. The molecule has 1 rings (SSSR count). The zero-order chi connectivity index (χ0) is 12.1. The predicted molar refractivity (Wildman–Crippen MR) is 64.7 cm³/mol. The third kappa shape index (κ3) is 3.79. The number of hydrogen-bond acceptors (Lipinski definition) is 4. The number of amides is 2. The van der Waals surface area contributed by atoms with Gasteiger partial charge in [-0.2, -0.15) is 0 Å². The monoisotopic (exact) mass is 243 g/mol. The van der Waals surface area contributed by atoms with E-state index in [-0.39, 0.29) is 12.1 Å². The molecule has 0 unspecified atom stereocenters. The predicted octanol–water partition coefficient (Wildman–Crippen LogP) is 1.77. The lowest BCUT2D eigenvalue weighted by atomic mass is 10.3. The van der Waals surface area contributed by atoms with Gasteiger partial charge < -0.3 is 10.0 Å². The molecular formula is C10H17N3O2S. The molecule has 2 amide bonds. The third-order valence-corrected chi connectivity index (χ3v) is 2.68. The van der Waals surface area contributed by atoms with Crippen molar-refractivity contribution >= 4 is 22.5 Å². The molecule has 0 aliphatic carbocycles. The maximum atomic E-state index is 11.9. The minimum Gasteiger partial charge on any atom is -0.392 e. The lowest BCUT2D eigenvalue weighted by Crippen LogP contribution is -2.43. The smallest absolute Gasteiger partial charge is 0.323 e. The van der Waals surface area contributed by atoms with Crippen molar-refractivity contribution in [3.63, 3.8) is 0 Å². The van der Waals surface area contributed by atoms with Crippen LogP contribution >= 0.6 is 11.3 Å². The number of aromatic nitrogens is 1. The van der Waals surface area contributed by atoms with Crippen molar-refractivity contribution in [2.75, 3.05) is 11.9 Å². The number of carbonyl (C=O) groups excluding carboxylic acids is 1. The second-order valence-corrected chi connectivity index (χ2v) is 4.76. The van der Waals surface area contributed by atoms with Crippen molar-refractivity contribution in [3.8, 4) is 0 Å². The maximum Gasteiger partial charge on any atom is 0.323 e. The van der Waals surface area contributed by atoms with E-state index >= 15 is 0 Å². The van der Waals surface area contributed by atoms with E-state index in [2.05, 4.69) is 10.3 Å². The minimum atomic E-state index is -0.538. The zero-order valence-electron chi connectivity index (χ0n) is 9.67. The highest BCUT2D eigenvalue weighted by Crippen LogP contribution is 2.12. The summed E-state index contributed by atoms with van der Waals surface area (Å²) in [7, 11) is 0. The average molecular weight is 243 g/mol. The van der Waals surface area contributed by atoms with E-state index in [1.54, 1.807) is 23.4 Å². The van der Waals surface area contributed by atoms with Crippen LogP contribution in [-0.2, 0) is 0 Å². The van der Waals surface area contributed by atoms with E-state index in [9.17, 15) is 9.90 Å². The fraction of sp³-hybridized carbons (Fsp3) is 0.600. The molecule has 0 fully saturated rings. The first kappa shape index (κ1) is 12.9. The van der Waals surface area contributed by atoms with Gasteiger partial charge in [0.25, 0.3) is 0 Å². The number of nitrogens with one attached hydrogen (secondary N) is 1. The second-order valence-electron chi connectivity index (χ2n) is 3.86. The number of thiazole rings is 1. The molecule has 16 heavy (non-hydrogen) atoms. The van der Waals surface area contributed by atoms with Crippen molar-refractivity contribution in [2.45, 2.75) is 32.9 Å². The van der Waals surface area contributed by atoms with E-state index in [1.807, 2.05) is 13.8 Å². The van der Waals surface area contributed by atoms with E-state index in [4.69, 9.17) is 0 Å². The first-order valence-electron chi connectivity index (χ1n) is 5.16. The Morgan fingerprint density at radius 3 is 2.75 bits per heavy atom. The molecule has 1 aromatic heterocycles. The van der Waals surface area contributed by atoms with E-state index < -0.39 is 6.10 Å². The Kier molecular flexibility index (Phi) is 4.70. The average Bonchev–Trinajstić information content (AvgIpc) is 2.65. The van der Waals surface area contributed by atoms with Gasteiger partial charge in [0.05, 0.1) is 6.10 Å². The van der Waals surface area contributed by atoms with Crippen molar-refractivity contribution in [1.29, 1.82) is 0 Å². The third-order valence-electron chi connectivity index (χ3n) is 1.99.